The smallest absolute Gasteiger partial charge is 0.220 e. The van der Waals surface area contributed by atoms with Crippen LogP contribution in [0.1, 0.15) is 150 Å². The second-order valence-electron chi connectivity index (χ2n) is 24.4. The first-order valence-corrected chi connectivity index (χ1v) is 32.2. The molecule has 516 valence electrons. The van der Waals surface area contributed by atoms with Gasteiger partial charge in [0.25, 0.3) is 0 Å². The predicted molar refractivity (Wildman–Crippen MR) is 309 cm³/mol. The molecule has 5 fully saturated rings. The first kappa shape index (κ1) is 76.9. The molecule has 0 spiro atoms. The van der Waals surface area contributed by atoms with Gasteiger partial charge in [-0.05, 0) is 19.3 Å². The first-order chi connectivity index (χ1) is 42.2. The first-order valence-electron chi connectivity index (χ1n) is 32.2. The molecular weight excluding hydrogens is 1170 g/mol. The van der Waals surface area contributed by atoms with Crippen molar-refractivity contribution in [2.45, 2.75) is 309 Å². The van der Waals surface area contributed by atoms with Crippen molar-refractivity contribution >= 4 is 5.91 Å². The fraction of sp³-hybridized carbons (Fsp3) is 0.950. The maximum absolute atomic E-state index is 13.1. The molecule has 0 aromatic rings. The highest BCUT2D eigenvalue weighted by Crippen LogP contribution is 2.39. The molecule has 0 aromatic carbocycles. The third kappa shape index (κ3) is 21.9. The normalized spacial score (nSPS) is 38.9. The van der Waals surface area contributed by atoms with E-state index in [0.717, 1.165) is 32.1 Å². The monoisotopic (exact) mass is 1280 g/mol. The van der Waals surface area contributed by atoms with E-state index in [1.54, 1.807) is 6.08 Å². The van der Waals surface area contributed by atoms with Crippen molar-refractivity contribution in [2.24, 2.45) is 11.8 Å². The molecule has 5 rings (SSSR count). The number of carbonyl (C=O) groups excluding carboxylic acids is 1. The predicted octanol–water partition coefficient (Wildman–Crippen LogP) is -2.14. The molecule has 0 aromatic heterocycles. The van der Waals surface area contributed by atoms with Crippen molar-refractivity contribution in [3.8, 4) is 0 Å². The SMILES string of the molecule is CCCCCCCCCCCCCCC/C=C/[C@@H](O)[C@H](CO[C@@H]1OC(CO)[C@@H](O[C@@H]2OC(CO)[C@H](O[C@@H]3OC(CO)[C@H](O)[C@H](O[C@@H]4OC(CO)[C@H](O)[C@H](O)C4O)C3C)[C@H](OC3C[C@@H](O)[C@@H](C)C([C@H](O)[C@H](O)CO)O3)C2O)[C@H](O)C1O)NC(=O)CCCCC. The Labute approximate surface area is 516 Å². The van der Waals surface area contributed by atoms with Crippen LogP contribution in [0.15, 0.2) is 12.2 Å². The summed E-state index contributed by atoms with van der Waals surface area (Å²) in [6.07, 6.45) is -20.4. The lowest BCUT2D eigenvalue weighted by Crippen LogP contribution is -2.67. The lowest BCUT2D eigenvalue weighted by Gasteiger charge is -2.51. The average molecular weight is 1280 g/mol. The third-order valence-corrected chi connectivity index (χ3v) is 17.6. The van der Waals surface area contributed by atoms with Gasteiger partial charge in [-0.3, -0.25) is 4.79 Å². The zero-order chi connectivity index (χ0) is 64.6. The number of aliphatic hydroxyl groups excluding tert-OH is 16. The number of carbonyl (C=O) groups is 1. The zero-order valence-corrected chi connectivity index (χ0v) is 51.6. The van der Waals surface area contributed by atoms with E-state index in [4.69, 9.17) is 47.4 Å². The van der Waals surface area contributed by atoms with Gasteiger partial charge in [0, 0.05) is 24.7 Å². The Morgan fingerprint density at radius 1 is 0.511 bits per heavy atom. The number of nitrogens with one attached hydrogen (secondary N) is 1. The molecule has 5 aliphatic heterocycles. The van der Waals surface area contributed by atoms with Gasteiger partial charge in [-0.2, -0.15) is 0 Å². The van der Waals surface area contributed by atoms with Crippen LogP contribution < -0.4 is 5.32 Å². The van der Waals surface area contributed by atoms with Crippen molar-refractivity contribution in [3.63, 3.8) is 0 Å². The molecule has 5 heterocycles. The lowest BCUT2D eigenvalue weighted by atomic mass is 9.87. The van der Waals surface area contributed by atoms with Gasteiger partial charge in [0.05, 0.1) is 70.1 Å². The van der Waals surface area contributed by atoms with Crippen LogP contribution in [0.3, 0.4) is 0 Å². The summed E-state index contributed by atoms with van der Waals surface area (Å²) in [6, 6.07) is -1.04. The Balaban J connectivity index is 1.31. The summed E-state index contributed by atoms with van der Waals surface area (Å²) in [5.41, 5.74) is 0. The summed E-state index contributed by atoms with van der Waals surface area (Å²) < 4.78 is 60.4. The molecule has 88 heavy (non-hydrogen) atoms. The number of rotatable bonds is 39. The Hall–Kier alpha value is -1.83. The van der Waals surface area contributed by atoms with Gasteiger partial charge in [-0.25, -0.2) is 0 Å². The fourth-order valence-electron chi connectivity index (χ4n) is 11.9. The van der Waals surface area contributed by atoms with Crippen molar-refractivity contribution in [1.82, 2.24) is 5.32 Å². The summed E-state index contributed by atoms with van der Waals surface area (Å²) in [4.78, 5) is 13.1. The quantitative estimate of drug-likeness (QED) is 0.0231. The number of amides is 1. The number of ether oxygens (including phenoxy) is 10. The van der Waals surface area contributed by atoms with E-state index >= 15 is 0 Å². The minimum atomic E-state index is -2.10. The van der Waals surface area contributed by atoms with Gasteiger partial charge in [0.15, 0.2) is 31.5 Å². The number of unbranched alkanes of at least 4 members (excludes halogenated alkanes) is 15. The van der Waals surface area contributed by atoms with Crippen LogP contribution in [0.5, 0.6) is 0 Å². The van der Waals surface area contributed by atoms with Crippen molar-refractivity contribution < 1.29 is 134 Å². The molecule has 1 amide bonds. The second kappa shape index (κ2) is 39.8. The highest BCUT2D eigenvalue weighted by molar-refractivity contribution is 5.76. The molecule has 0 bridgehead atoms. The Morgan fingerprint density at radius 2 is 1.01 bits per heavy atom. The third-order valence-electron chi connectivity index (χ3n) is 17.6. The van der Waals surface area contributed by atoms with E-state index in [1.165, 1.54) is 78.1 Å². The van der Waals surface area contributed by atoms with Crippen LogP contribution in [0.4, 0.5) is 0 Å². The Morgan fingerprint density at radius 3 is 1.61 bits per heavy atom. The van der Waals surface area contributed by atoms with Crippen LogP contribution in [-0.4, -0.2) is 287 Å². The molecule has 28 heteroatoms. The maximum atomic E-state index is 13.1. The van der Waals surface area contributed by atoms with Crippen LogP contribution >= 0.6 is 0 Å². The van der Waals surface area contributed by atoms with Crippen molar-refractivity contribution in [1.29, 1.82) is 0 Å². The number of aliphatic hydroxyl groups is 16. The molecule has 28 nitrogen and oxygen atoms in total. The van der Waals surface area contributed by atoms with Gasteiger partial charge in [0.2, 0.25) is 5.91 Å². The van der Waals surface area contributed by atoms with Gasteiger partial charge >= 0.3 is 0 Å². The molecule has 0 aliphatic carbocycles. The fourth-order valence-corrected chi connectivity index (χ4v) is 11.9. The summed E-state index contributed by atoms with van der Waals surface area (Å²) in [5.74, 6) is -2.38. The van der Waals surface area contributed by atoms with E-state index < -0.39 is 211 Å². The zero-order valence-electron chi connectivity index (χ0n) is 51.6. The number of hydrogen-bond donors (Lipinski definition) is 17. The van der Waals surface area contributed by atoms with Crippen molar-refractivity contribution in [2.75, 3.05) is 39.6 Å². The summed E-state index contributed by atoms with van der Waals surface area (Å²) in [7, 11) is 0. The highest BCUT2D eigenvalue weighted by atomic mass is 16.8. The summed E-state index contributed by atoms with van der Waals surface area (Å²) in [6.45, 7) is 2.29. The van der Waals surface area contributed by atoms with E-state index in [0.29, 0.717) is 12.8 Å². The minimum absolute atomic E-state index is 0.177. The summed E-state index contributed by atoms with van der Waals surface area (Å²) in [5, 5.41) is 177. The molecule has 5 saturated heterocycles. The summed E-state index contributed by atoms with van der Waals surface area (Å²) >= 11 is 0. The number of allylic oxidation sites excluding steroid dienone is 1. The van der Waals surface area contributed by atoms with Crippen LogP contribution in [0.25, 0.3) is 0 Å². The topological polar surface area (TPSA) is 445 Å². The highest BCUT2D eigenvalue weighted by Gasteiger charge is 2.57. The maximum Gasteiger partial charge on any atom is 0.220 e. The van der Waals surface area contributed by atoms with E-state index in [2.05, 4.69) is 12.2 Å². The number of hydrogen-bond acceptors (Lipinski definition) is 27. The minimum Gasteiger partial charge on any atom is -0.394 e. The van der Waals surface area contributed by atoms with Gasteiger partial charge in [0.1, 0.15) is 97.7 Å². The molecule has 0 radical (unpaired) electrons. The lowest BCUT2D eigenvalue weighted by molar-refractivity contribution is -0.396. The van der Waals surface area contributed by atoms with Gasteiger partial charge in [-0.15, -0.1) is 0 Å². The Kier molecular flexibility index (Phi) is 34.7. The Bertz CT molecular complexity index is 1920. The molecule has 10 unspecified atom stereocenters. The van der Waals surface area contributed by atoms with E-state index in [-0.39, 0.29) is 18.7 Å². The largest absolute Gasteiger partial charge is 0.394 e. The van der Waals surface area contributed by atoms with E-state index in [1.807, 2.05) is 13.0 Å². The average Bonchev–Trinajstić information content (AvgIpc) is 1.46. The molecule has 0 saturated carbocycles. The molecule has 17 N–H and O–H groups in total. The standard InChI is InChI=1S/C60H109NO27/c1-5-7-9-10-11-12-13-14-15-16-17-18-19-20-22-23-35(67)34(61-42(70)24-21-8-6-2)31-79-58-50(77)48(75)54(40(29-65)82-58)87-60-51(78)56(85-43-25-36(68)32(3)52(84-43)44(71)37(69)26-62)55(41(30-66)83-60)88-57-33(4)53(46(73)39(28-64)80-57)86-59-49(76)47(74)45(72)38(27-63)81-59/h22-23,32-41,43-60,62-69,71-78H,5-21,24-31H2,1-4H3,(H,61,70)/b23-22+/t32-,33?,34+,35-,36-,37-,38?,39?,40?,41?,43?,44-,45+,46+,47+,48-,49?,50?,51?,52?,53-,54-,55+,56-,57+,58-,59+,60+/m1/s1. The van der Waals surface area contributed by atoms with Crippen LogP contribution in [0, 0.1) is 11.8 Å². The molecule has 28 atom stereocenters. The van der Waals surface area contributed by atoms with E-state index in [9.17, 15) is 86.5 Å². The van der Waals surface area contributed by atoms with Crippen LogP contribution in [0.2, 0.25) is 0 Å². The van der Waals surface area contributed by atoms with Gasteiger partial charge in [-0.1, -0.05) is 130 Å². The van der Waals surface area contributed by atoms with Gasteiger partial charge < -0.3 is 134 Å². The molecule has 5 aliphatic rings. The second-order valence-corrected chi connectivity index (χ2v) is 24.4. The van der Waals surface area contributed by atoms with Crippen LogP contribution in [-0.2, 0) is 52.2 Å². The molecular formula is C60H109NO27. The van der Waals surface area contributed by atoms with Crippen molar-refractivity contribution in [3.05, 3.63) is 12.2 Å².